The molecule has 0 aliphatic rings. The maximum absolute atomic E-state index is 12.7. The molecule has 1 aromatic carbocycles. The Morgan fingerprint density at radius 1 is 1.33 bits per heavy atom. The van der Waals surface area contributed by atoms with Gasteiger partial charge in [-0.15, -0.1) is 0 Å². The minimum Gasteiger partial charge on any atom is -0.398 e. The fourth-order valence-electron chi connectivity index (χ4n) is 2.14. The number of nitrogen functional groups attached to an aromatic ring is 1. The maximum Gasteiger partial charge on any atom is 0.413 e. The van der Waals surface area contributed by atoms with Crippen molar-refractivity contribution in [2.24, 2.45) is 0 Å². The third-order valence-electron chi connectivity index (χ3n) is 3.82. The molecule has 0 aliphatic carbocycles. The molecule has 0 spiro atoms. The third-order valence-corrected chi connectivity index (χ3v) is 4.93. The van der Waals surface area contributed by atoms with Crippen LogP contribution in [0.5, 0.6) is 0 Å². The van der Waals surface area contributed by atoms with E-state index in [1.54, 1.807) is 6.07 Å². The van der Waals surface area contributed by atoms with E-state index in [1.807, 2.05) is 13.0 Å². The van der Waals surface area contributed by atoms with E-state index in [1.165, 1.54) is 6.92 Å². The van der Waals surface area contributed by atoms with Crippen LogP contribution in [-0.4, -0.2) is 11.3 Å². The summed E-state index contributed by atoms with van der Waals surface area (Å²) in [4.78, 5) is 0.862. The Hall–Kier alpha value is -1.89. The highest BCUT2D eigenvalue weighted by atomic mass is 32.2. The molecule has 0 atom stereocenters. The number of aromatic nitrogens is 1. The van der Waals surface area contributed by atoms with Gasteiger partial charge in [0.05, 0.1) is 5.69 Å². The molecule has 0 aliphatic heterocycles. The van der Waals surface area contributed by atoms with Gasteiger partial charge in [0.15, 0.2) is 5.58 Å². The molecule has 0 bridgehead atoms. The zero-order valence-electron chi connectivity index (χ0n) is 13.8. The van der Waals surface area contributed by atoms with Crippen molar-refractivity contribution in [3.63, 3.8) is 0 Å². The summed E-state index contributed by atoms with van der Waals surface area (Å²) in [7, 11) is 0. The van der Waals surface area contributed by atoms with E-state index >= 15 is 0 Å². The molecule has 1 heterocycles. The van der Waals surface area contributed by atoms with E-state index in [9.17, 15) is 13.2 Å². The molecule has 0 saturated heterocycles. The summed E-state index contributed by atoms with van der Waals surface area (Å²) in [5, 5.41) is 4.90. The quantitative estimate of drug-likeness (QED) is 0.693. The van der Waals surface area contributed by atoms with Crippen LogP contribution in [-0.2, 0) is 6.42 Å². The standard InChI is InChI=1S/C17H19F3N2OS/c1-9-7-13-15(22-23-16(13)8-14(9)21)6-5-10(2)24-12(4)11(3)17(18,19)20/h7-8H,2,5-6,21H2,1,3-4H3/b12-11+. The number of nitrogens with two attached hydrogens (primary N) is 1. The van der Waals surface area contributed by atoms with Crippen molar-refractivity contribution in [2.45, 2.75) is 39.8 Å². The molecule has 0 amide bonds. The number of nitrogens with zero attached hydrogens (tertiary/aromatic N) is 1. The van der Waals surface area contributed by atoms with Crippen molar-refractivity contribution in [1.29, 1.82) is 0 Å². The smallest absolute Gasteiger partial charge is 0.398 e. The van der Waals surface area contributed by atoms with Crippen molar-refractivity contribution in [2.75, 3.05) is 5.73 Å². The van der Waals surface area contributed by atoms with Crippen molar-refractivity contribution in [3.8, 4) is 0 Å². The van der Waals surface area contributed by atoms with Crippen LogP contribution >= 0.6 is 11.8 Å². The number of anilines is 1. The molecular formula is C17H19F3N2OS. The number of allylic oxidation sites excluding steroid dienone is 3. The molecule has 0 fully saturated rings. The van der Waals surface area contributed by atoms with Crippen LogP contribution in [0.25, 0.3) is 11.0 Å². The molecule has 1 aromatic heterocycles. The van der Waals surface area contributed by atoms with Crippen LogP contribution in [0.2, 0.25) is 0 Å². The molecule has 0 unspecified atom stereocenters. The summed E-state index contributed by atoms with van der Waals surface area (Å²) in [6, 6.07) is 3.63. The van der Waals surface area contributed by atoms with Gasteiger partial charge in [-0.3, -0.25) is 0 Å². The lowest BCUT2D eigenvalue weighted by atomic mass is 10.1. The van der Waals surface area contributed by atoms with E-state index in [-0.39, 0.29) is 4.91 Å². The highest BCUT2D eigenvalue weighted by Crippen LogP contribution is 2.36. The first kappa shape index (κ1) is 18.4. The first-order valence-electron chi connectivity index (χ1n) is 7.34. The fourth-order valence-corrected chi connectivity index (χ4v) is 3.05. The summed E-state index contributed by atoms with van der Waals surface area (Å²) in [6.45, 7) is 8.28. The van der Waals surface area contributed by atoms with Gasteiger partial charge in [0.1, 0.15) is 0 Å². The number of fused-ring (bicyclic) bond motifs is 1. The monoisotopic (exact) mass is 356 g/mol. The first-order chi connectivity index (χ1) is 11.1. The second-order valence-electron chi connectivity index (χ2n) is 5.65. The molecule has 3 nitrogen and oxygen atoms in total. The van der Waals surface area contributed by atoms with Gasteiger partial charge in [0.25, 0.3) is 0 Å². The van der Waals surface area contributed by atoms with Crippen LogP contribution in [0.3, 0.4) is 0 Å². The van der Waals surface area contributed by atoms with Gasteiger partial charge in [0.2, 0.25) is 0 Å². The van der Waals surface area contributed by atoms with E-state index in [0.29, 0.717) is 29.0 Å². The predicted octanol–water partition coefficient (Wildman–Crippen LogP) is 5.75. The van der Waals surface area contributed by atoms with E-state index < -0.39 is 11.7 Å². The van der Waals surface area contributed by atoms with E-state index in [2.05, 4.69) is 11.7 Å². The number of hydrogen-bond donors (Lipinski definition) is 1. The molecule has 24 heavy (non-hydrogen) atoms. The molecule has 7 heteroatoms. The van der Waals surface area contributed by atoms with Crippen LogP contribution in [0.1, 0.15) is 31.5 Å². The average molecular weight is 356 g/mol. The van der Waals surface area contributed by atoms with E-state index in [4.69, 9.17) is 10.3 Å². The van der Waals surface area contributed by atoms with Gasteiger partial charge in [-0.2, -0.15) is 13.2 Å². The molecule has 2 N–H and O–H groups in total. The Balaban J connectivity index is 2.06. The summed E-state index contributed by atoms with van der Waals surface area (Å²) in [6.07, 6.45) is -3.25. The number of rotatable bonds is 5. The second-order valence-corrected chi connectivity index (χ2v) is 7.05. The Labute approximate surface area is 142 Å². The van der Waals surface area contributed by atoms with Crippen LogP contribution in [0, 0.1) is 6.92 Å². The topological polar surface area (TPSA) is 52.0 Å². The van der Waals surface area contributed by atoms with Crippen molar-refractivity contribution in [3.05, 3.63) is 45.4 Å². The zero-order chi connectivity index (χ0) is 18.1. The number of hydrogen-bond acceptors (Lipinski definition) is 4. The van der Waals surface area contributed by atoms with Crippen LogP contribution < -0.4 is 5.73 Å². The fraction of sp³-hybridized carbons (Fsp3) is 0.353. The largest absolute Gasteiger partial charge is 0.413 e. The predicted molar refractivity (Wildman–Crippen MR) is 92.6 cm³/mol. The molecule has 130 valence electrons. The number of alkyl halides is 3. The highest BCUT2D eigenvalue weighted by Gasteiger charge is 2.31. The van der Waals surface area contributed by atoms with Gasteiger partial charge in [-0.05, 0) is 55.1 Å². The van der Waals surface area contributed by atoms with Crippen molar-refractivity contribution >= 4 is 28.4 Å². The van der Waals surface area contributed by atoms with Gasteiger partial charge in [-0.25, -0.2) is 0 Å². The lowest BCUT2D eigenvalue weighted by Crippen LogP contribution is -2.10. The Morgan fingerprint density at radius 3 is 2.62 bits per heavy atom. The van der Waals surface area contributed by atoms with Crippen LogP contribution in [0.4, 0.5) is 18.9 Å². The highest BCUT2D eigenvalue weighted by molar-refractivity contribution is 8.06. The van der Waals surface area contributed by atoms with Crippen LogP contribution in [0.15, 0.2) is 38.6 Å². The maximum atomic E-state index is 12.7. The minimum atomic E-state index is -4.31. The van der Waals surface area contributed by atoms with Crippen molar-refractivity contribution in [1.82, 2.24) is 5.16 Å². The SMILES string of the molecule is C=C(CCc1noc2cc(N)c(C)cc12)S/C(C)=C(\C)C(F)(F)F. The van der Waals surface area contributed by atoms with Gasteiger partial charge in [-0.1, -0.05) is 23.5 Å². The van der Waals surface area contributed by atoms with Gasteiger partial charge < -0.3 is 10.3 Å². The lowest BCUT2D eigenvalue weighted by Gasteiger charge is -2.12. The summed E-state index contributed by atoms with van der Waals surface area (Å²) in [5.41, 5.74) is 8.17. The normalized spacial score (nSPS) is 13.2. The summed E-state index contributed by atoms with van der Waals surface area (Å²) >= 11 is 1.05. The Kier molecular flexibility index (Phi) is 5.32. The van der Waals surface area contributed by atoms with Crippen molar-refractivity contribution < 1.29 is 17.7 Å². The Morgan fingerprint density at radius 2 is 2.00 bits per heavy atom. The van der Waals surface area contributed by atoms with E-state index in [0.717, 1.165) is 35.3 Å². The molecule has 0 radical (unpaired) electrons. The number of aryl methyl sites for hydroxylation is 2. The first-order valence-corrected chi connectivity index (χ1v) is 8.16. The minimum absolute atomic E-state index is 0.209. The summed E-state index contributed by atoms with van der Waals surface area (Å²) < 4.78 is 43.3. The Bertz CT molecular complexity index is 806. The zero-order valence-corrected chi connectivity index (χ0v) is 14.6. The lowest BCUT2D eigenvalue weighted by molar-refractivity contribution is -0.0916. The number of halogens is 3. The molecule has 2 aromatic rings. The number of thioether (sulfide) groups is 1. The second kappa shape index (κ2) is 6.93. The third kappa shape index (κ3) is 4.14. The molecular weight excluding hydrogens is 337 g/mol. The molecule has 2 rings (SSSR count). The number of benzene rings is 1. The summed E-state index contributed by atoms with van der Waals surface area (Å²) in [5.74, 6) is 0. The van der Waals surface area contributed by atoms with Gasteiger partial charge >= 0.3 is 6.18 Å². The average Bonchev–Trinajstić information content (AvgIpc) is 2.86. The molecule has 0 saturated carbocycles. The van der Waals surface area contributed by atoms with Gasteiger partial charge in [0, 0.05) is 22.7 Å².